The fourth-order valence-corrected chi connectivity index (χ4v) is 3.48. The van der Waals surface area contributed by atoms with Gasteiger partial charge in [-0.15, -0.1) is 11.3 Å². The van der Waals surface area contributed by atoms with Gasteiger partial charge in [-0.3, -0.25) is 0 Å². The molecule has 3 aromatic heterocycles. The molecule has 1 aromatic carbocycles. The van der Waals surface area contributed by atoms with E-state index in [4.69, 9.17) is 10.5 Å². The highest BCUT2D eigenvalue weighted by Gasteiger charge is 2.17. The maximum Gasteiger partial charge on any atom is 0.339 e. The highest BCUT2D eigenvalue weighted by Crippen LogP contribution is 2.28. The average Bonchev–Trinajstić information content (AvgIpc) is 3.25. The molecule has 146 valence electrons. The van der Waals surface area contributed by atoms with Crippen molar-refractivity contribution in [3.8, 4) is 10.6 Å². The van der Waals surface area contributed by atoms with E-state index in [2.05, 4.69) is 19.9 Å². The maximum absolute atomic E-state index is 12.9. The summed E-state index contributed by atoms with van der Waals surface area (Å²) in [6, 6.07) is 13.1. The van der Waals surface area contributed by atoms with E-state index in [0.717, 1.165) is 21.5 Å². The lowest BCUT2D eigenvalue weighted by Gasteiger charge is -2.12. The number of carbonyl (C=O) groups excluding carboxylic acids is 1. The van der Waals surface area contributed by atoms with Gasteiger partial charge in [0.15, 0.2) is 12.4 Å². The van der Waals surface area contributed by atoms with Gasteiger partial charge in [0.05, 0.1) is 21.7 Å². The molecule has 8 nitrogen and oxygen atoms in total. The van der Waals surface area contributed by atoms with E-state index < -0.39 is 5.97 Å². The quantitative estimate of drug-likeness (QED) is 0.504. The van der Waals surface area contributed by atoms with Crippen LogP contribution in [0.1, 0.15) is 16.2 Å². The van der Waals surface area contributed by atoms with Crippen LogP contribution in [0.5, 0.6) is 0 Å². The number of hydrogen-bond acceptors (Lipinski definition) is 9. The van der Waals surface area contributed by atoms with Crippen molar-refractivity contribution < 1.29 is 9.53 Å². The summed E-state index contributed by atoms with van der Waals surface area (Å²) in [4.78, 5) is 32.6. The molecule has 4 aromatic rings. The van der Waals surface area contributed by atoms with Gasteiger partial charge in [0, 0.05) is 19.5 Å². The molecule has 29 heavy (non-hydrogen) atoms. The number of benzene rings is 1. The molecule has 2 N–H and O–H groups in total. The van der Waals surface area contributed by atoms with Crippen molar-refractivity contribution in [1.29, 1.82) is 0 Å². The van der Waals surface area contributed by atoms with Gasteiger partial charge < -0.3 is 15.4 Å². The summed E-state index contributed by atoms with van der Waals surface area (Å²) in [6.45, 7) is -0.114. The topological polar surface area (TPSA) is 107 Å². The SMILES string of the molecule is CN(C)c1nc(N)nc(COC(=O)c2cc(-c3cccs3)nc3ccccc23)n1. The third-order valence-corrected chi connectivity index (χ3v) is 5.02. The predicted molar refractivity (Wildman–Crippen MR) is 113 cm³/mol. The van der Waals surface area contributed by atoms with E-state index in [0.29, 0.717) is 11.5 Å². The zero-order valence-corrected chi connectivity index (χ0v) is 16.7. The lowest BCUT2D eigenvalue weighted by molar-refractivity contribution is 0.0464. The molecule has 0 saturated carbocycles. The molecule has 0 aliphatic rings. The summed E-state index contributed by atoms with van der Waals surface area (Å²) in [6.07, 6.45) is 0. The van der Waals surface area contributed by atoms with Crippen LogP contribution in [0.4, 0.5) is 11.9 Å². The van der Waals surface area contributed by atoms with Crippen LogP contribution in [-0.4, -0.2) is 40.0 Å². The number of aromatic nitrogens is 4. The minimum absolute atomic E-state index is 0.0732. The number of pyridine rings is 1. The van der Waals surface area contributed by atoms with E-state index in [9.17, 15) is 4.79 Å². The number of thiophene rings is 1. The molecule has 0 aliphatic carbocycles. The number of para-hydroxylation sites is 1. The number of nitrogens with two attached hydrogens (primary N) is 1. The fraction of sp³-hybridized carbons (Fsp3) is 0.150. The van der Waals surface area contributed by atoms with E-state index in [1.807, 2.05) is 41.8 Å². The van der Waals surface area contributed by atoms with Gasteiger partial charge in [0.1, 0.15) is 0 Å². The Kier molecular flexibility index (Phi) is 5.05. The standard InChI is InChI=1S/C20H18N6O2S/c1-26(2)20-24-17(23-19(21)25-20)11-28-18(27)13-10-15(16-8-5-9-29-16)22-14-7-4-3-6-12(13)14/h3-10H,11H2,1-2H3,(H2,21,23,24,25). The Morgan fingerprint density at radius 3 is 2.69 bits per heavy atom. The van der Waals surface area contributed by atoms with Crippen molar-refractivity contribution in [3.63, 3.8) is 0 Å². The molecule has 0 spiro atoms. The van der Waals surface area contributed by atoms with Crippen LogP contribution in [-0.2, 0) is 11.3 Å². The molecule has 4 rings (SSSR count). The van der Waals surface area contributed by atoms with Crippen molar-refractivity contribution >= 4 is 40.1 Å². The Hall–Kier alpha value is -3.59. The number of carbonyl (C=O) groups is 1. The maximum atomic E-state index is 12.9. The van der Waals surface area contributed by atoms with Gasteiger partial charge in [0.2, 0.25) is 11.9 Å². The molecule has 0 bridgehead atoms. The summed E-state index contributed by atoms with van der Waals surface area (Å²) in [5.41, 5.74) is 7.62. The first-order valence-corrected chi connectivity index (χ1v) is 9.68. The summed E-state index contributed by atoms with van der Waals surface area (Å²) in [5, 5.41) is 2.69. The highest BCUT2D eigenvalue weighted by atomic mass is 32.1. The normalized spacial score (nSPS) is 10.8. The number of anilines is 2. The summed E-state index contributed by atoms with van der Waals surface area (Å²) >= 11 is 1.56. The van der Waals surface area contributed by atoms with Gasteiger partial charge in [-0.25, -0.2) is 9.78 Å². The van der Waals surface area contributed by atoms with Gasteiger partial charge in [-0.05, 0) is 23.6 Å². The Bertz CT molecular complexity index is 1180. The van der Waals surface area contributed by atoms with Crippen LogP contribution in [0.3, 0.4) is 0 Å². The second kappa shape index (κ2) is 7.80. The highest BCUT2D eigenvalue weighted by molar-refractivity contribution is 7.13. The third kappa shape index (κ3) is 3.99. The number of hydrogen-bond donors (Lipinski definition) is 1. The number of nitrogens with zero attached hydrogens (tertiary/aromatic N) is 5. The Morgan fingerprint density at radius 1 is 1.10 bits per heavy atom. The minimum atomic E-state index is -0.480. The molecule has 0 amide bonds. The summed E-state index contributed by atoms with van der Waals surface area (Å²) in [7, 11) is 3.58. The largest absolute Gasteiger partial charge is 0.454 e. The van der Waals surface area contributed by atoms with Crippen molar-refractivity contribution in [2.45, 2.75) is 6.61 Å². The Morgan fingerprint density at radius 2 is 1.93 bits per heavy atom. The number of ether oxygens (including phenoxy) is 1. The minimum Gasteiger partial charge on any atom is -0.454 e. The van der Waals surface area contributed by atoms with Crippen LogP contribution >= 0.6 is 11.3 Å². The predicted octanol–water partition coefficient (Wildman–Crippen LogP) is 3.15. The van der Waals surface area contributed by atoms with E-state index >= 15 is 0 Å². The first-order valence-electron chi connectivity index (χ1n) is 8.80. The molecular formula is C20H18N6O2S. The average molecular weight is 406 g/mol. The van der Waals surface area contributed by atoms with Crippen molar-refractivity contribution in [2.24, 2.45) is 0 Å². The van der Waals surface area contributed by atoms with E-state index in [1.54, 1.807) is 36.4 Å². The van der Waals surface area contributed by atoms with Crippen LogP contribution in [0.15, 0.2) is 47.8 Å². The second-order valence-electron chi connectivity index (χ2n) is 6.43. The number of fused-ring (bicyclic) bond motifs is 1. The summed E-state index contributed by atoms with van der Waals surface area (Å²) in [5.74, 6) is 0.278. The first kappa shape index (κ1) is 18.8. The zero-order chi connectivity index (χ0) is 20.4. The lowest BCUT2D eigenvalue weighted by Crippen LogP contribution is -2.17. The fourth-order valence-electron chi connectivity index (χ4n) is 2.79. The molecule has 0 aliphatic heterocycles. The van der Waals surface area contributed by atoms with Crippen LogP contribution in [0, 0.1) is 0 Å². The van der Waals surface area contributed by atoms with Gasteiger partial charge in [0.25, 0.3) is 0 Å². The molecule has 3 heterocycles. The van der Waals surface area contributed by atoms with Crippen LogP contribution < -0.4 is 10.6 Å². The summed E-state index contributed by atoms with van der Waals surface area (Å²) < 4.78 is 5.49. The molecule has 0 saturated heterocycles. The van der Waals surface area contributed by atoms with Crippen molar-refractivity contribution in [2.75, 3.05) is 24.7 Å². The zero-order valence-electron chi connectivity index (χ0n) is 15.9. The monoisotopic (exact) mass is 406 g/mol. The lowest BCUT2D eigenvalue weighted by atomic mass is 10.1. The van der Waals surface area contributed by atoms with E-state index in [-0.39, 0.29) is 18.4 Å². The smallest absolute Gasteiger partial charge is 0.339 e. The molecule has 0 fully saturated rings. The second-order valence-corrected chi connectivity index (χ2v) is 7.38. The number of rotatable bonds is 5. The number of nitrogen functional groups attached to an aromatic ring is 1. The van der Waals surface area contributed by atoms with Crippen molar-refractivity contribution in [3.05, 3.63) is 59.2 Å². The molecular weight excluding hydrogens is 388 g/mol. The first-order chi connectivity index (χ1) is 14.0. The molecule has 0 radical (unpaired) electrons. The van der Waals surface area contributed by atoms with Crippen molar-refractivity contribution in [1.82, 2.24) is 19.9 Å². The van der Waals surface area contributed by atoms with Crippen LogP contribution in [0.25, 0.3) is 21.5 Å². The molecule has 9 heteroatoms. The van der Waals surface area contributed by atoms with E-state index in [1.165, 1.54) is 0 Å². The van der Waals surface area contributed by atoms with Gasteiger partial charge in [-0.2, -0.15) is 15.0 Å². The molecule has 0 atom stereocenters. The third-order valence-electron chi connectivity index (χ3n) is 4.13. The molecule has 0 unspecified atom stereocenters. The Balaban J connectivity index is 1.65. The number of esters is 1. The van der Waals surface area contributed by atoms with Gasteiger partial charge >= 0.3 is 5.97 Å². The Labute approximate surface area is 171 Å². The van der Waals surface area contributed by atoms with Crippen LogP contribution in [0.2, 0.25) is 0 Å². The van der Waals surface area contributed by atoms with Gasteiger partial charge in [-0.1, -0.05) is 24.3 Å².